The average Bonchev–Trinajstić information content (AvgIpc) is 2.85. The first-order valence-corrected chi connectivity index (χ1v) is 11.5. The average molecular weight is 429 g/mol. The number of benzene rings is 3. The zero-order valence-corrected chi connectivity index (χ0v) is 18.8. The number of hydrogen-bond donors (Lipinski definition) is 1. The predicted octanol–water partition coefficient (Wildman–Crippen LogP) is 5.92. The van der Waals surface area contributed by atoms with Crippen molar-refractivity contribution in [2.75, 3.05) is 25.5 Å². The first-order valence-electron chi connectivity index (χ1n) is 11.5. The molecule has 0 aromatic heterocycles. The molecule has 1 amide bonds. The molecule has 3 aromatic rings. The Hall–Kier alpha value is -3.11. The lowest BCUT2D eigenvalue weighted by Crippen LogP contribution is -2.29. The molecule has 1 heterocycles. The van der Waals surface area contributed by atoms with E-state index >= 15 is 0 Å². The number of carbonyl (C=O) groups is 1. The Morgan fingerprint density at radius 2 is 1.41 bits per heavy atom. The number of ether oxygens (including phenoxy) is 1. The number of aryl methyl sites for hydroxylation is 1. The third-order valence-electron chi connectivity index (χ3n) is 6.11. The van der Waals surface area contributed by atoms with Gasteiger partial charge in [0.25, 0.3) is 0 Å². The summed E-state index contributed by atoms with van der Waals surface area (Å²) in [4.78, 5) is 14.9. The van der Waals surface area contributed by atoms with Crippen LogP contribution in [0.3, 0.4) is 0 Å². The highest BCUT2D eigenvalue weighted by molar-refractivity contribution is 5.91. The summed E-state index contributed by atoms with van der Waals surface area (Å²) in [5.41, 5.74) is 5.61. The topological polar surface area (TPSA) is 41.6 Å². The molecule has 4 rings (SSSR count). The van der Waals surface area contributed by atoms with Crippen LogP contribution in [0.25, 0.3) is 11.1 Å². The predicted molar refractivity (Wildman–Crippen MR) is 131 cm³/mol. The fourth-order valence-electron chi connectivity index (χ4n) is 4.20. The van der Waals surface area contributed by atoms with Gasteiger partial charge in [0, 0.05) is 18.7 Å². The quantitative estimate of drug-likeness (QED) is 0.484. The van der Waals surface area contributed by atoms with Gasteiger partial charge in [-0.1, -0.05) is 55.0 Å². The number of piperidine rings is 1. The summed E-state index contributed by atoms with van der Waals surface area (Å²) in [7, 11) is 1.66. The molecule has 1 fully saturated rings. The molecule has 0 unspecified atom stereocenters. The van der Waals surface area contributed by atoms with E-state index in [0.29, 0.717) is 6.42 Å². The largest absolute Gasteiger partial charge is 0.497 e. The van der Waals surface area contributed by atoms with Crippen LogP contribution in [0.1, 0.15) is 36.8 Å². The number of nitrogens with one attached hydrogen (secondary N) is 1. The summed E-state index contributed by atoms with van der Waals surface area (Å²) in [5, 5.41) is 3.01. The van der Waals surface area contributed by atoms with Crippen molar-refractivity contribution in [2.45, 2.75) is 38.6 Å². The lowest BCUT2D eigenvalue weighted by Gasteiger charge is -2.26. The summed E-state index contributed by atoms with van der Waals surface area (Å²) in [6.07, 6.45) is 5.23. The van der Waals surface area contributed by atoms with Gasteiger partial charge in [-0.2, -0.15) is 0 Å². The zero-order chi connectivity index (χ0) is 22.2. The molecule has 0 atom stereocenters. The molecule has 0 saturated carbocycles. The first-order chi connectivity index (χ1) is 15.7. The Balaban J connectivity index is 1.24. The highest BCUT2D eigenvalue weighted by Gasteiger charge is 2.10. The van der Waals surface area contributed by atoms with Crippen molar-refractivity contribution in [1.82, 2.24) is 4.90 Å². The molecule has 4 nitrogen and oxygen atoms in total. The maximum atomic E-state index is 12.4. The van der Waals surface area contributed by atoms with Gasteiger partial charge in [-0.15, -0.1) is 0 Å². The van der Waals surface area contributed by atoms with Crippen LogP contribution in [0.5, 0.6) is 5.75 Å². The van der Waals surface area contributed by atoms with Gasteiger partial charge in [0.1, 0.15) is 5.75 Å². The maximum Gasteiger partial charge on any atom is 0.224 e. The molecule has 0 radical (unpaired) electrons. The molecule has 166 valence electrons. The number of anilines is 1. The fraction of sp³-hybridized carbons (Fsp3) is 0.321. The molecule has 3 aromatic carbocycles. The van der Waals surface area contributed by atoms with Crippen LogP contribution in [0.15, 0.2) is 72.8 Å². The third kappa shape index (κ3) is 6.21. The molecule has 1 aliphatic heterocycles. The van der Waals surface area contributed by atoms with Gasteiger partial charge in [-0.05, 0) is 78.9 Å². The van der Waals surface area contributed by atoms with E-state index in [9.17, 15) is 4.79 Å². The van der Waals surface area contributed by atoms with E-state index in [0.717, 1.165) is 35.5 Å². The molecule has 4 heteroatoms. The monoisotopic (exact) mass is 428 g/mol. The highest BCUT2D eigenvalue weighted by Crippen LogP contribution is 2.24. The van der Waals surface area contributed by atoms with Crippen molar-refractivity contribution < 1.29 is 9.53 Å². The van der Waals surface area contributed by atoms with Gasteiger partial charge in [-0.25, -0.2) is 0 Å². The summed E-state index contributed by atoms with van der Waals surface area (Å²) in [6, 6.07) is 24.7. The molecule has 1 N–H and O–H groups in total. The van der Waals surface area contributed by atoms with Gasteiger partial charge >= 0.3 is 0 Å². The van der Waals surface area contributed by atoms with E-state index in [1.54, 1.807) is 7.11 Å². The van der Waals surface area contributed by atoms with Crippen LogP contribution in [-0.2, 0) is 17.8 Å². The molecular weight excluding hydrogens is 396 g/mol. The minimum Gasteiger partial charge on any atom is -0.497 e. The minimum atomic E-state index is 0.0413. The lowest BCUT2D eigenvalue weighted by atomic mass is 10.0. The lowest BCUT2D eigenvalue weighted by molar-refractivity contribution is -0.116. The normalized spacial score (nSPS) is 14.2. The summed E-state index contributed by atoms with van der Waals surface area (Å²) in [5.74, 6) is 0.883. The molecule has 1 aliphatic rings. The van der Waals surface area contributed by atoms with Crippen LogP contribution in [0, 0.1) is 0 Å². The van der Waals surface area contributed by atoms with E-state index in [4.69, 9.17) is 4.74 Å². The minimum absolute atomic E-state index is 0.0413. The second-order valence-corrected chi connectivity index (χ2v) is 8.51. The number of nitrogens with zero attached hydrogens (tertiary/aromatic N) is 1. The third-order valence-corrected chi connectivity index (χ3v) is 6.11. The summed E-state index contributed by atoms with van der Waals surface area (Å²) >= 11 is 0. The van der Waals surface area contributed by atoms with Crippen molar-refractivity contribution in [3.63, 3.8) is 0 Å². The van der Waals surface area contributed by atoms with Crippen LogP contribution < -0.4 is 10.1 Å². The zero-order valence-electron chi connectivity index (χ0n) is 18.8. The Kier molecular flexibility index (Phi) is 7.57. The second-order valence-electron chi connectivity index (χ2n) is 8.51. The van der Waals surface area contributed by atoms with Gasteiger partial charge in [-0.3, -0.25) is 9.69 Å². The van der Waals surface area contributed by atoms with Crippen molar-refractivity contribution in [3.05, 3.63) is 83.9 Å². The van der Waals surface area contributed by atoms with Crippen LogP contribution >= 0.6 is 0 Å². The number of rotatable bonds is 8. The van der Waals surface area contributed by atoms with E-state index in [2.05, 4.69) is 34.5 Å². The number of likely N-dealkylation sites (tertiary alicyclic amines) is 1. The summed E-state index contributed by atoms with van der Waals surface area (Å²) < 4.78 is 5.21. The number of amides is 1. The molecule has 0 aliphatic carbocycles. The highest BCUT2D eigenvalue weighted by atomic mass is 16.5. The van der Waals surface area contributed by atoms with E-state index in [1.165, 1.54) is 43.5 Å². The Morgan fingerprint density at radius 3 is 2.03 bits per heavy atom. The fourth-order valence-corrected chi connectivity index (χ4v) is 4.20. The van der Waals surface area contributed by atoms with Crippen LogP contribution in [0.2, 0.25) is 0 Å². The smallest absolute Gasteiger partial charge is 0.224 e. The number of methoxy groups -OCH3 is 1. The van der Waals surface area contributed by atoms with Crippen LogP contribution in [0.4, 0.5) is 5.69 Å². The Labute approximate surface area is 191 Å². The Bertz CT molecular complexity index is 989. The standard InChI is InChI=1S/C28H32N2O2/c1-32-27-16-12-25(13-17-27)24-10-14-26(15-11-24)29-28(31)18-9-22-5-7-23(8-6-22)21-30-19-3-2-4-20-30/h5-8,10-17H,2-4,9,18-21H2,1H3,(H,29,31). The van der Waals surface area contributed by atoms with Crippen LogP contribution in [-0.4, -0.2) is 31.0 Å². The van der Waals surface area contributed by atoms with Crippen molar-refractivity contribution >= 4 is 11.6 Å². The van der Waals surface area contributed by atoms with Gasteiger partial charge < -0.3 is 10.1 Å². The van der Waals surface area contributed by atoms with Gasteiger partial charge in [0.15, 0.2) is 0 Å². The van der Waals surface area contributed by atoms with Gasteiger partial charge in [0.05, 0.1) is 7.11 Å². The van der Waals surface area contributed by atoms with E-state index in [-0.39, 0.29) is 5.91 Å². The number of carbonyl (C=O) groups excluding carboxylic acids is 1. The first kappa shape index (κ1) is 22.1. The SMILES string of the molecule is COc1ccc(-c2ccc(NC(=O)CCc3ccc(CN4CCCCC4)cc3)cc2)cc1. The van der Waals surface area contributed by atoms with E-state index < -0.39 is 0 Å². The molecule has 1 saturated heterocycles. The maximum absolute atomic E-state index is 12.4. The van der Waals surface area contributed by atoms with Crippen molar-refractivity contribution in [1.29, 1.82) is 0 Å². The molecule has 0 spiro atoms. The Morgan fingerprint density at radius 1 is 0.812 bits per heavy atom. The second kappa shape index (κ2) is 11.0. The molecule has 32 heavy (non-hydrogen) atoms. The van der Waals surface area contributed by atoms with Gasteiger partial charge in [0.2, 0.25) is 5.91 Å². The van der Waals surface area contributed by atoms with Crippen molar-refractivity contribution in [3.8, 4) is 16.9 Å². The summed E-state index contributed by atoms with van der Waals surface area (Å²) in [6.45, 7) is 3.46. The van der Waals surface area contributed by atoms with Crippen molar-refractivity contribution in [2.24, 2.45) is 0 Å². The molecule has 0 bridgehead atoms. The number of hydrogen-bond acceptors (Lipinski definition) is 3. The molecular formula is C28H32N2O2. The van der Waals surface area contributed by atoms with E-state index in [1.807, 2.05) is 48.5 Å².